The van der Waals surface area contributed by atoms with E-state index >= 15 is 4.39 Å². The van der Waals surface area contributed by atoms with Crippen LogP contribution in [0.3, 0.4) is 0 Å². The molecule has 0 radical (unpaired) electrons. The second kappa shape index (κ2) is 10.3. The third-order valence-electron chi connectivity index (χ3n) is 12.9. The van der Waals surface area contributed by atoms with Crippen molar-refractivity contribution in [2.45, 2.75) is 96.8 Å². The molecule has 2 aromatic rings. The maximum absolute atomic E-state index is 16.6. The van der Waals surface area contributed by atoms with Crippen molar-refractivity contribution in [3.05, 3.63) is 60.2 Å². The molecule has 4 fully saturated rings. The maximum atomic E-state index is 16.6. The minimum absolute atomic E-state index is 0.0765. The first kappa shape index (κ1) is 27.9. The lowest BCUT2D eigenvalue weighted by atomic mass is 9.43. The van der Waals surface area contributed by atoms with Crippen LogP contribution in [0.2, 0.25) is 0 Å². The summed E-state index contributed by atoms with van der Waals surface area (Å²) in [7, 11) is 0. The summed E-state index contributed by atoms with van der Waals surface area (Å²) in [5.74, 6) is 2.02. The Morgan fingerprint density at radius 1 is 0.850 bits per heavy atom. The number of carboxylic acid groups (broad SMARTS) is 1. The van der Waals surface area contributed by atoms with Gasteiger partial charge in [-0.1, -0.05) is 75.4 Å². The molecule has 4 saturated carbocycles. The van der Waals surface area contributed by atoms with Gasteiger partial charge < -0.3 is 10.2 Å². The summed E-state index contributed by atoms with van der Waals surface area (Å²) in [6.45, 7) is 7.12. The van der Waals surface area contributed by atoms with E-state index in [0.717, 1.165) is 43.2 Å². The lowest BCUT2D eigenvalue weighted by Gasteiger charge is -2.63. The first-order valence-corrected chi connectivity index (χ1v) is 15.8. The highest BCUT2D eigenvalue weighted by Crippen LogP contribution is 2.69. The predicted octanol–water partition coefficient (Wildman–Crippen LogP) is 8.65. The molecule has 4 heteroatoms. The molecule has 0 saturated heterocycles. The summed E-state index contributed by atoms with van der Waals surface area (Å²) in [5.41, 5.74) is 1.70. The van der Waals surface area contributed by atoms with E-state index in [1.807, 2.05) is 42.5 Å². The van der Waals surface area contributed by atoms with Gasteiger partial charge in [0.1, 0.15) is 11.8 Å². The summed E-state index contributed by atoms with van der Waals surface area (Å²) >= 11 is 0. The van der Waals surface area contributed by atoms with Gasteiger partial charge in [0.2, 0.25) is 0 Å². The van der Waals surface area contributed by atoms with Gasteiger partial charge in [0.15, 0.2) is 0 Å². The Morgan fingerprint density at radius 2 is 1.50 bits per heavy atom. The van der Waals surface area contributed by atoms with Crippen LogP contribution in [0.1, 0.15) is 90.5 Å². The Labute approximate surface area is 239 Å². The van der Waals surface area contributed by atoms with Gasteiger partial charge in [-0.25, -0.2) is 4.39 Å². The van der Waals surface area contributed by atoms with Gasteiger partial charge in [0, 0.05) is 6.42 Å². The molecule has 0 bridgehead atoms. The van der Waals surface area contributed by atoms with Gasteiger partial charge in [0.05, 0.1) is 0 Å². The molecule has 2 aromatic carbocycles. The topological polar surface area (TPSA) is 57.5 Å². The van der Waals surface area contributed by atoms with Crippen molar-refractivity contribution >= 4 is 5.97 Å². The number of carbonyl (C=O) groups is 1. The SMILES string of the molecule is C[C@H](CCC(=O)O)[C@H]1CC[C@H]2[C@@H]3CC[C@@H]4C(F)[C@](O)(c5ccc(-c6ccccc6)cc5)CC[C@]4(C)[C@H]3CC[C@]12C. The number of benzene rings is 2. The first-order valence-electron chi connectivity index (χ1n) is 15.8. The molecule has 0 spiro atoms. The zero-order valence-corrected chi connectivity index (χ0v) is 24.5. The number of halogens is 1. The fourth-order valence-electron chi connectivity index (χ4n) is 10.7. The van der Waals surface area contributed by atoms with E-state index in [1.165, 1.54) is 19.3 Å². The second-order valence-electron chi connectivity index (χ2n) is 14.5. The minimum Gasteiger partial charge on any atom is -0.481 e. The quantitative estimate of drug-likeness (QED) is 0.381. The van der Waals surface area contributed by atoms with Crippen molar-refractivity contribution in [1.29, 1.82) is 0 Å². The molecule has 1 unspecified atom stereocenters. The number of rotatable bonds is 6. The summed E-state index contributed by atoms with van der Waals surface area (Å²) < 4.78 is 16.6. The number of alkyl halides is 1. The average Bonchev–Trinajstić information content (AvgIpc) is 3.32. The molecule has 0 aliphatic heterocycles. The standard InChI is InChI=1S/C36H47FO3/c1-23(9-18-32(38)39)28-16-17-29-27-14-15-31-33(37)36(40,22-21-35(31,3)30(27)19-20-34(28,29)2)26-12-10-25(11-13-26)24-7-5-4-6-8-24/h4-8,10-13,23,27-31,33,40H,9,14-22H2,1-3H3,(H,38,39)/t23-,27+,28-,29+,30+,31-,33?,34-,35-,36-/m1/s1. The Kier molecular flexibility index (Phi) is 7.17. The zero-order chi connectivity index (χ0) is 28.3. The van der Waals surface area contributed by atoms with Crippen LogP contribution in [0, 0.1) is 46.3 Å². The summed E-state index contributed by atoms with van der Waals surface area (Å²) in [6.07, 6.45) is 7.80. The van der Waals surface area contributed by atoms with E-state index in [0.29, 0.717) is 41.6 Å². The summed E-state index contributed by atoms with van der Waals surface area (Å²) in [6, 6.07) is 18.1. The third-order valence-corrected chi connectivity index (χ3v) is 12.9. The zero-order valence-electron chi connectivity index (χ0n) is 24.5. The van der Waals surface area contributed by atoms with Crippen LogP contribution in [-0.2, 0) is 10.4 Å². The molecule has 0 aromatic heterocycles. The minimum atomic E-state index is -1.42. The number of carboxylic acids is 1. The van der Waals surface area contributed by atoms with Crippen LogP contribution in [-0.4, -0.2) is 22.4 Å². The fraction of sp³-hybridized carbons (Fsp3) is 0.639. The average molecular weight is 547 g/mol. The van der Waals surface area contributed by atoms with Crippen molar-refractivity contribution in [2.75, 3.05) is 0 Å². The Bertz CT molecular complexity index is 1210. The van der Waals surface area contributed by atoms with E-state index in [2.05, 4.69) is 32.9 Å². The number of aliphatic hydroxyl groups is 1. The van der Waals surface area contributed by atoms with Crippen LogP contribution in [0.25, 0.3) is 11.1 Å². The van der Waals surface area contributed by atoms with Crippen molar-refractivity contribution in [3.8, 4) is 11.1 Å². The van der Waals surface area contributed by atoms with E-state index in [9.17, 15) is 15.0 Å². The highest BCUT2D eigenvalue weighted by molar-refractivity contribution is 5.66. The van der Waals surface area contributed by atoms with Gasteiger partial charge in [-0.15, -0.1) is 0 Å². The Hall–Kier alpha value is -2.20. The van der Waals surface area contributed by atoms with Crippen molar-refractivity contribution < 1.29 is 19.4 Å². The molecule has 2 N–H and O–H groups in total. The summed E-state index contributed by atoms with van der Waals surface area (Å²) in [4.78, 5) is 11.2. The van der Waals surface area contributed by atoms with Crippen LogP contribution in [0.15, 0.2) is 54.6 Å². The molecule has 216 valence electrons. The van der Waals surface area contributed by atoms with E-state index in [1.54, 1.807) is 0 Å². The van der Waals surface area contributed by atoms with Crippen molar-refractivity contribution in [1.82, 2.24) is 0 Å². The van der Waals surface area contributed by atoms with Gasteiger partial charge in [-0.2, -0.15) is 0 Å². The van der Waals surface area contributed by atoms with Crippen molar-refractivity contribution in [2.24, 2.45) is 46.3 Å². The normalized spacial score (nSPS) is 41.4. The lowest BCUT2D eigenvalue weighted by molar-refractivity contribution is -0.193. The fourth-order valence-corrected chi connectivity index (χ4v) is 10.7. The third kappa shape index (κ3) is 4.35. The number of hydrogen-bond acceptors (Lipinski definition) is 2. The van der Waals surface area contributed by atoms with E-state index in [-0.39, 0.29) is 23.2 Å². The number of fused-ring (bicyclic) bond motifs is 5. The largest absolute Gasteiger partial charge is 0.481 e. The van der Waals surface area contributed by atoms with Gasteiger partial charge >= 0.3 is 5.97 Å². The van der Waals surface area contributed by atoms with E-state index in [4.69, 9.17) is 0 Å². The second-order valence-corrected chi connectivity index (χ2v) is 14.5. The highest BCUT2D eigenvalue weighted by atomic mass is 19.1. The molecule has 10 atom stereocenters. The summed E-state index contributed by atoms with van der Waals surface area (Å²) in [5, 5.41) is 21.1. The molecule has 4 aliphatic rings. The molecule has 6 rings (SSSR count). The Balaban J connectivity index is 1.20. The smallest absolute Gasteiger partial charge is 0.303 e. The highest BCUT2D eigenvalue weighted by Gasteiger charge is 2.64. The molecule has 0 amide bonds. The number of aliphatic carboxylic acids is 1. The van der Waals surface area contributed by atoms with Gasteiger partial charge in [-0.05, 0) is 121 Å². The van der Waals surface area contributed by atoms with Gasteiger partial charge in [-0.3, -0.25) is 4.79 Å². The van der Waals surface area contributed by atoms with Crippen LogP contribution >= 0.6 is 0 Å². The van der Waals surface area contributed by atoms with Gasteiger partial charge in [0.25, 0.3) is 0 Å². The molecular formula is C36H47FO3. The molecular weight excluding hydrogens is 499 g/mol. The van der Waals surface area contributed by atoms with E-state index < -0.39 is 17.7 Å². The molecule has 4 aliphatic carbocycles. The number of hydrogen-bond donors (Lipinski definition) is 2. The van der Waals surface area contributed by atoms with Crippen LogP contribution in [0.5, 0.6) is 0 Å². The first-order chi connectivity index (χ1) is 19.1. The monoisotopic (exact) mass is 546 g/mol. The molecule has 0 heterocycles. The van der Waals surface area contributed by atoms with Crippen molar-refractivity contribution in [3.63, 3.8) is 0 Å². The predicted molar refractivity (Wildman–Crippen MR) is 157 cm³/mol. The van der Waals surface area contributed by atoms with Crippen LogP contribution in [0.4, 0.5) is 4.39 Å². The molecule has 40 heavy (non-hydrogen) atoms. The van der Waals surface area contributed by atoms with Crippen LogP contribution < -0.4 is 0 Å². The lowest BCUT2D eigenvalue weighted by Crippen LogP contribution is -2.60. The maximum Gasteiger partial charge on any atom is 0.303 e. The Morgan fingerprint density at radius 3 is 2.20 bits per heavy atom. The molecule has 3 nitrogen and oxygen atoms in total.